The number of carbonyl (C=O) groups is 1. The molecule has 5 aromatic rings. The molecular weight excluding hydrogens is 506 g/mol. The summed E-state index contributed by atoms with van der Waals surface area (Å²) in [6.45, 7) is 5.06. The molecule has 1 aliphatic heterocycles. The number of rotatable bonds is 7. The van der Waals surface area contributed by atoms with Gasteiger partial charge in [-0.3, -0.25) is 9.89 Å². The van der Waals surface area contributed by atoms with Crippen LogP contribution in [-0.4, -0.2) is 21.0 Å². The number of amides is 1. The van der Waals surface area contributed by atoms with Gasteiger partial charge >= 0.3 is 0 Å². The first-order valence-electron chi connectivity index (χ1n) is 13.0. The van der Waals surface area contributed by atoms with Gasteiger partial charge in [-0.25, -0.2) is 0 Å². The van der Waals surface area contributed by atoms with Gasteiger partial charge in [0.05, 0.1) is 11.7 Å². The minimum atomic E-state index is -0.283. The second-order valence-corrected chi connectivity index (χ2v) is 10.5. The van der Waals surface area contributed by atoms with Gasteiger partial charge in [-0.05, 0) is 54.8 Å². The van der Waals surface area contributed by atoms with E-state index in [9.17, 15) is 4.79 Å². The summed E-state index contributed by atoms with van der Waals surface area (Å²) in [4.78, 5) is 15.6. The van der Waals surface area contributed by atoms with E-state index in [-0.39, 0.29) is 11.9 Å². The Kier molecular flexibility index (Phi) is 6.67. The molecule has 0 aliphatic carbocycles. The van der Waals surface area contributed by atoms with E-state index in [0.29, 0.717) is 23.9 Å². The van der Waals surface area contributed by atoms with Crippen molar-refractivity contribution in [3.05, 3.63) is 141 Å². The number of carbonyl (C=O) groups excluding carboxylic acids is 1. The van der Waals surface area contributed by atoms with E-state index in [0.717, 1.165) is 39.3 Å². The lowest BCUT2D eigenvalue weighted by Crippen LogP contribution is -2.29. The fourth-order valence-corrected chi connectivity index (χ4v) is 5.15. The van der Waals surface area contributed by atoms with Crippen LogP contribution in [0.2, 0.25) is 5.02 Å². The molecular formula is C33H28ClN3O2. The zero-order valence-electron chi connectivity index (χ0n) is 21.8. The van der Waals surface area contributed by atoms with Crippen molar-refractivity contribution in [1.29, 1.82) is 0 Å². The first-order chi connectivity index (χ1) is 19.0. The Morgan fingerprint density at radius 1 is 0.821 bits per heavy atom. The van der Waals surface area contributed by atoms with Crippen molar-refractivity contribution in [2.45, 2.75) is 33.0 Å². The number of nitrogens with zero attached hydrogens (tertiary/aromatic N) is 2. The number of H-pyrrole nitrogens is 1. The standard InChI is InChI=1S/C33H28ClN3O2/c1-21-3-7-23(8-4-21)19-37-32(26-13-17-28(18-14-26)39-20-24-9-15-27(34)16-10-24)29-30(35-36-31(29)33(37)38)25-11-5-22(2)6-12-25/h3-18,32H,19-20H2,1-2H3,(H,35,36). The van der Waals surface area contributed by atoms with Crippen molar-refractivity contribution in [3.63, 3.8) is 0 Å². The van der Waals surface area contributed by atoms with Gasteiger partial charge in [0.25, 0.3) is 5.91 Å². The number of halogens is 1. The smallest absolute Gasteiger partial charge is 0.273 e. The minimum Gasteiger partial charge on any atom is -0.489 e. The molecule has 5 nitrogen and oxygen atoms in total. The lowest BCUT2D eigenvalue weighted by atomic mass is 9.95. The highest BCUT2D eigenvalue weighted by atomic mass is 35.5. The van der Waals surface area contributed by atoms with Crippen LogP contribution in [0.25, 0.3) is 11.3 Å². The lowest BCUT2D eigenvalue weighted by Gasteiger charge is -2.27. The summed E-state index contributed by atoms with van der Waals surface area (Å²) in [7, 11) is 0. The maximum Gasteiger partial charge on any atom is 0.273 e. The summed E-state index contributed by atoms with van der Waals surface area (Å²) in [6.07, 6.45) is 0. The van der Waals surface area contributed by atoms with Crippen LogP contribution in [0.1, 0.15) is 49.9 Å². The Hall–Kier alpha value is -4.35. The number of benzene rings is 4. The Morgan fingerprint density at radius 3 is 2.10 bits per heavy atom. The molecule has 1 unspecified atom stereocenters. The molecule has 39 heavy (non-hydrogen) atoms. The van der Waals surface area contributed by atoms with Gasteiger partial charge in [0.1, 0.15) is 18.1 Å². The molecule has 0 radical (unpaired) electrons. The van der Waals surface area contributed by atoms with Gasteiger partial charge in [0.2, 0.25) is 0 Å². The van der Waals surface area contributed by atoms with Gasteiger partial charge in [-0.15, -0.1) is 0 Å². The summed E-state index contributed by atoms with van der Waals surface area (Å²) in [5.41, 5.74) is 8.73. The average Bonchev–Trinajstić information content (AvgIpc) is 3.49. The first-order valence-corrected chi connectivity index (χ1v) is 13.3. The molecule has 1 amide bonds. The van der Waals surface area contributed by atoms with Crippen molar-refractivity contribution in [2.24, 2.45) is 0 Å². The lowest BCUT2D eigenvalue weighted by molar-refractivity contribution is 0.0730. The van der Waals surface area contributed by atoms with Gasteiger partial charge in [-0.1, -0.05) is 95.5 Å². The summed E-state index contributed by atoms with van der Waals surface area (Å²) >= 11 is 6.00. The second-order valence-electron chi connectivity index (χ2n) is 10.0. The van der Waals surface area contributed by atoms with Crippen LogP contribution in [0.4, 0.5) is 0 Å². The first kappa shape index (κ1) is 25.0. The molecule has 6 heteroatoms. The predicted molar refractivity (Wildman–Crippen MR) is 154 cm³/mol. The number of ether oxygens (including phenoxy) is 1. The zero-order chi connectivity index (χ0) is 26.9. The molecule has 0 fully saturated rings. The van der Waals surface area contributed by atoms with E-state index in [1.54, 1.807) is 0 Å². The molecule has 1 aliphatic rings. The quantitative estimate of drug-likeness (QED) is 0.233. The third-order valence-corrected chi connectivity index (χ3v) is 7.43. The third-order valence-electron chi connectivity index (χ3n) is 7.18. The van der Waals surface area contributed by atoms with Crippen LogP contribution >= 0.6 is 11.6 Å². The largest absolute Gasteiger partial charge is 0.489 e. The van der Waals surface area contributed by atoms with Gasteiger partial charge in [0, 0.05) is 22.7 Å². The number of aromatic nitrogens is 2. The van der Waals surface area contributed by atoms with Crippen molar-refractivity contribution in [3.8, 4) is 17.0 Å². The average molecular weight is 534 g/mol. The summed E-state index contributed by atoms with van der Waals surface area (Å²) in [5.74, 6) is 0.707. The summed E-state index contributed by atoms with van der Waals surface area (Å²) < 4.78 is 6.02. The van der Waals surface area contributed by atoms with Gasteiger partial charge in [-0.2, -0.15) is 5.10 Å². The number of nitrogens with one attached hydrogen (secondary N) is 1. The van der Waals surface area contributed by atoms with Crippen molar-refractivity contribution < 1.29 is 9.53 Å². The van der Waals surface area contributed by atoms with Crippen molar-refractivity contribution in [1.82, 2.24) is 15.1 Å². The molecule has 1 N–H and O–H groups in total. The highest BCUT2D eigenvalue weighted by molar-refractivity contribution is 6.30. The number of aryl methyl sites for hydroxylation is 2. The molecule has 194 valence electrons. The van der Waals surface area contributed by atoms with E-state index in [2.05, 4.69) is 72.6 Å². The molecule has 0 saturated heterocycles. The molecule has 1 aromatic heterocycles. The highest BCUT2D eigenvalue weighted by Gasteiger charge is 2.42. The van der Waals surface area contributed by atoms with E-state index in [4.69, 9.17) is 16.3 Å². The molecule has 0 saturated carbocycles. The second kappa shape index (κ2) is 10.4. The van der Waals surface area contributed by atoms with Crippen LogP contribution in [0.15, 0.2) is 97.1 Å². The van der Waals surface area contributed by atoms with Gasteiger partial charge < -0.3 is 9.64 Å². The normalized spacial score (nSPS) is 14.5. The Balaban J connectivity index is 1.34. The topological polar surface area (TPSA) is 58.2 Å². The number of fused-ring (bicyclic) bond motifs is 1. The van der Waals surface area contributed by atoms with Crippen LogP contribution in [0.3, 0.4) is 0 Å². The van der Waals surface area contributed by atoms with E-state index in [1.807, 2.05) is 53.4 Å². The van der Waals surface area contributed by atoms with Crippen LogP contribution in [-0.2, 0) is 13.2 Å². The van der Waals surface area contributed by atoms with Crippen molar-refractivity contribution in [2.75, 3.05) is 0 Å². The molecule has 2 heterocycles. The fraction of sp³-hybridized carbons (Fsp3) is 0.152. The summed E-state index contributed by atoms with van der Waals surface area (Å²) in [5, 5.41) is 8.35. The monoisotopic (exact) mass is 533 g/mol. The summed E-state index contributed by atoms with van der Waals surface area (Å²) in [6, 6.07) is 31.9. The van der Waals surface area contributed by atoms with Crippen LogP contribution in [0, 0.1) is 13.8 Å². The van der Waals surface area contributed by atoms with E-state index >= 15 is 0 Å². The fourth-order valence-electron chi connectivity index (χ4n) is 5.02. The third kappa shape index (κ3) is 5.06. The number of hydrogen-bond acceptors (Lipinski definition) is 3. The van der Waals surface area contributed by atoms with E-state index < -0.39 is 0 Å². The number of aromatic amines is 1. The molecule has 0 spiro atoms. The Morgan fingerprint density at radius 2 is 1.44 bits per heavy atom. The maximum atomic E-state index is 13.7. The highest BCUT2D eigenvalue weighted by Crippen LogP contribution is 2.43. The molecule has 6 rings (SSSR count). The zero-order valence-corrected chi connectivity index (χ0v) is 22.6. The molecule has 0 bridgehead atoms. The Bertz CT molecular complexity index is 1610. The molecule has 1 atom stereocenters. The van der Waals surface area contributed by atoms with Gasteiger partial charge in [0.15, 0.2) is 0 Å². The number of hydrogen-bond donors (Lipinski definition) is 1. The van der Waals surface area contributed by atoms with Crippen LogP contribution in [0.5, 0.6) is 5.75 Å². The van der Waals surface area contributed by atoms with Crippen LogP contribution < -0.4 is 4.74 Å². The molecule has 4 aromatic carbocycles. The SMILES string of the molecule is Cc1ccc(CN2C(=O)c3[nH]nc(-c4ccc(C)cc4)c3C2c2ccc(OCc3ccc(Cl)cc3)cc2)cc1. The van der Waals surface area contributed by atoms with E-state index in [1.165, 1.54) is 11.1 Å². The maximum absolute atomic E-state index is 13.7. The van der Waals surface area contributed by atoms with Crippen molar-refractivity contribution >= 4 is 17.5 Å². The predicted octanol–water partition coefficient (Wildman–Crippen LogP) is 7.67. The minimum absolute atomic E-state index is 0.0514. The Labute approximate surface area is 233 Å².